The van der Waals surface area contributed by atoms with E-state index in [1.54, 1.807) is 0 Å². The van der Waals surface area contributed by atoms with Crippen LogP contribution in [0.1, 0.15) is 67.3 Å². The number of carbonyl (C=O) groups excluding carboxylic acids is 2. The van der Waals surface area contributed by atoms with Crippen LogP contribution in [0.25, 0.3) is 0 Å². The zero-order valence-corrected chi connectivity index (χ0v) is 11.6. The first kappa shape index (κ1) is 15.6. The highest BCUT2D eigenvalue weighted by Crippen LogP contribution is 2.11. The monoisotopic (exact) mass is 260 g/mol. The molecule has 0 amide bonds. The summed E-state index contributed by atoms with van der Waals surface area (Å²) in [4.78, 5) is 20.7. The zero-order chi connectivity index (χ0) is 13.8. The summed E-state index contributed by atoms with van der Waals surface area (Å²) in [5.41, 5.74) is 2.07. The Morgan fingerprint density at radius 3 is 1.89 bits per heavy atom. The highest BCUT2D eigenvalue weighted by Gasteiger charge is 1.95. The maximum Gasteiger partial charge on any atom is 0.150 e. The van der Waals surface area contributed by atoms with E-state index in [0.29, 0.717) is 0 Å². The van der Waals surface area contributed by atoms with Crippen molar-refractivity contribution in [3.05, 3.63) is 35.4 Å². The molecule has 104 valence electrons. The van der Waals surface area contributed by atoms with Crippen LogP contribution in [0.4, 0.5) is 0 Å². The first-order chi connectivity index (χ1) is 9.36. The van der Waals surface area contributed by atoms with Gasteiger partial charge in [0.25, 0.3) is 0 Å². The smallest absolute Gasteiger partial charge is 0.150 e. The molecule has 2 nitrogen and oxygen atoms in total. The highest BCUT2D eigenvalue weighted by atomic mass is 16.1. The Bertz CT molecular complexity index is 354. The molecule has 0 saturated carbocycles. The van der Waals surface area contributed by atoms with Crippen LogP contribution in [0.3, 0.4) is 0 Å². The summed E-state index contributed by atoms with van der Waals surface area (Å²) < 4.78 is 0. The maximum atomic E-state index is 10.5. The minimum Gasteiger partial charge on any atom is -0.303 e. The number of rotatable bonds is 11. The maximum absolute atomic E-state index is 10.5. The van der Waals surface area contributed by atoms with Crippen molar-refractivity contribution in [1.29, 1.82) is 0 Å². The molecule has 19 heavy (non-hydrogen) atoms. The Kier molecular flexibility index (Phi) is 8.61. The van der Waals surface area contributed by atoms with E-state index in [1.807, 2.05) is 24.3 Å². The first-order valence-electron chi connectivity index (χ1n) is 7.34. The Hall–Kier alpha value is -1.44. The summed E-state index contributed by atoms with van der Waals surface area (Å²) in [5, 5.41) is 0. The van der Waals surface area contributed by atoms with E-state index >= 15 is 0 Å². The van der Waals surface area contributed by atoms with Gasteiger partial charge in [0.15, 0.2) is 0 Å². The normalized spacial score (nSPS) is 10.3. The second kappa shape index (κ2) is 10.5. The number of carbonyl (C=O) groups is 2. The van der Waals surface area contributed by atoms with Gasteiger partial charge in [-0.05, 0) is 24.8 Å². The minimum atomic E-state index is 0.719. The van der Waals surface area contributed by atoms with E-state index < -0.39 is 0 Å². The van der Waals surface area contributed by atoms with E-state index in [1.165, 1.54) is 44.1 Å². The van der Waals surface area contributed by atoms with Gasteiger partial charge >= 0.3 is 0 Å². The fraction of sp³-hybridized carbons (Fsp3) is 0.529. The number of hydrogen-bond donors (Lipinski definition) is 0. The molecule has 0 aromatic heterocycles. The molecule has 0 aliphatic carbocycles. The Morgan fingerprint density at radius 2 is 1.32 bits per heavy atom. The Balaban J connectivity index is 1.98. The first-order valence-corrected chi connectivity index (χ1v) is 7.34. The van der Waals surface area contributed by atoms with Crippen LogP contribution in [0.15, 0.2) is 24.3 Å². The lowest BCUT2D eigenvalue weighted by Crippen LogP contribution is -1.88. The summed E-state index contributed by atoms with van der Waals surface area (Å²) in [6.45, 7) is 0. The molecular weight excluding hydrogens is 236 g/mol. The van der Waals surface area contributed by atoms with E-state index in [2.05, 4.69) is 0 Å². The SMILES string of the molecule is O=CCCCCCCCCCc1ccc(C=O)cc1. The second-order valence-corrected chi connectivity index (χ2v) is 5.04. The molecule has 0 unspecified atom stereocenters. The number of hydrogen-bond acceptors (Lipinski definition) is 2. The Morgan fingerprint density at radius 1 is 0.737 bits per heavy atom. The molecule has 0 atom stereocenters. The summed E-state index contributed by atoms with van der Waals surface area (Å²) in [7, 11) is 0. The van der Waals surface area contributed by atoms with Crippen molar-refractivity contribution in [2.45, 2.75) is 57.8 Å². The molecule has 1 aromatic rings. The predicted molar refractivity (Wildman–Crippen MR) is 78.5 cm³/mol. The molecule has 0 saturated heterocycles. The average molecular weight is 260 g/mol. The molecule has 0 fully saturated rings. The molecule has 0 bridgehead atoms. The van der Waals surface area contributed by atoms with E-state index in [4.69, 9.17) is 0 Å². The van der Waals surface area contributed by atoms with E-state index in [0.717, 1.165) is 37.4 Å². The lowest BCUT2D eigenvalue weighted by Gasteiger charge is -2.02. The third kappa shape index (κ3) is 7.55. The summed E-state index contributed by atoms with van der Waals surface area (Å²) >= 11 is 0. The quantitative estimate of drug-likeness (QED) is 0.437. The number of benzene rings is 1. The van der Waals surface area contributed by atoms with Crippen molar-refractivity contribution < 1.29 is 9.59 Å². The number of unbranched alkanes of at least 4 members (excludes halogenated alkanes) is 7. The third-order valence-corrected chi connectivity index (χ3v) is 3.40. The molecule has 0 radical (unpaired) electrons. The molecule has 0 N–H and O–H groups in total. The van der Waals surface area contributed by atoms with Crippen molar-refractivity contribution in [2.75, 3.05) is 0 Å². The van der Waals surface area contributed by atoms with Crippen molar-refractivity contribution in [2.24, 2.45) is 0 Å². The summed E-state index contributed by atoms with van der Waals surface area (Å²) in [6.07, 6.45) is 12.3. The van der Waals surface area contributed by atoms with E-state index in [-0.39, 0.29) is 0 Å². The molecule has 0 heterocycles. The van der Waals surface area contributed by atoms with Crippen LogP contribution in [0.2, 0.25) is 0 Å². The number of aryl methyl sites for hydroxylation is 1. The van der Waals surface area contributed by atoms with Gasteiger partial charge in [-0.3, -0.25) is 4.79 Å². The van der Waals surface area contributed by atoms with Gasteiger partial charge in [-0.25, -0.2) is 0 Å². The molecule has 0 aliphatic rings. The lowest BCUT2D eigenvalue weighted by atomic mass is 10.0. The van der Waals surface area contributed by atoms with Crippen LogP contribution < -0.4 is 0 Å². The van der Waals surface area contributed by atoms with Gasteiger partial charge in [-0.15, -0.1) is 0 Å². The van der Waals surface area contributed by atoms with Gasteiger partial charge in [-0.1, -0.05) is 56.4 Å². The second-order valence-electron chi connectivity index (χ2n) is 5.04. The van der Waals surface area contributed by atoms with Gasteiger partial charge in [0.1, 0.15) is 12.6 Å². The largest absolute Gasteiger partial charge is 0.303 e. The fourth-order valence-electron chi connectivity index (χ4n) is 2.20. The summed E-state index contributed by atoms with van der Waals surface area (Å²) in [6, 6.07) is 7.86. The predicted octanol–water partition coefficient (Wildman–Crippen LogP) is 4.36. The van der Waals surface area contributed by atoms with Gasteiger partial charge in [0.2, 0.25) is 0 Å². The third-order valence-electron chi connectivity index (χ3n) is 3.40. The number of aldehydes is 2. The van der Waals surface area contributed by atoms with Crippen LogP contribution in [-0.2, 0) is 11.2 Å². The zero-order valence-electron chi connectivity index (χ0n) is 11.6. The minimum absolute atomic E-state index is 0.719. The molecule has 0 aliphatic heterocycles. The molecule has 2 heteroatoms. The molecule has 1 rings (SSSR count). The topological polar surface area (TPSA) is 34.1 Å². The molecular formula is C17H24O2. The van der Waals surface area contributed by atoms with Gasteiger partial charge < -0.3 is 4.79 Å². The fourth-order valence-corrected chi connectivity index (χ4v) is 2.20. The van der Waals surface area contributed by atoms with Crippen molar-refractivity contribution in [1.82, 2.24) is 0 Å². The average Bonchev–Trinajstić information content (AvgIpc) is 2.46. The van der Waals surface area contributed by atoms with E-state index in [9.17, 15) is 9.59 Å². The summed E-state index contributed by atoms with van der Waals surface area (Å²) in [5.74, 6) is 0. The molecule has 0 spiro atoms. The van der Waals surface area contributed by atoms with Crippen LogP contribution >= 0.6 is 0 Å². The van der Waals surface area contributed by atoms with Crippen molar-refractivity contribution in [3.8, 4) is 0 Å². The standard InChI is InChI=1S/C17H24O2/c18-14-8-6-4-2-1-3-5-7-9-16-10-12-17(15-19)13-11-16/h10-15H,1-9H2. The Labute approximate surface area is 116 Å². The van der Waals surface area contributed by atoms with Gasteiger partial charge in [0.05, 0.1) is 0 Å². The van der Waals surface area contributed by atoms with Crippen LogP contribution in [0.5, 0.6) is 0 Å². The highest BCUT2D eigenvalue weighted by molar-refractivity contribution is 5.74. The van der Waals surface area contributed by atoms with Crippen molar-refractivity contribution in [3.63, 3.8) is 0 Å². The van der Waals surface area contributed by atoms with Gasteiger partial charge in [-0.2, -0.15) is 0 Å². The molecule has 1 aromatic carbocycles. The van der Waals surface area contributed by atoms with Crippen molar-refractivity contribution >= 4 is 12.6 Å². The van der Waals surface area contributed by atoms with Gasteiger partial charge in [0, 0.05) is 12.0 Å². The van der Waals surface area contributed by atoms with Crippen LogP contribution in [-0.4, -0.2) is 12.6 Å². The van der Waals surface area contributed by atoms with Crippen LogP contribution in [0, 0.1) is 0 Å². The lowest BCUT2D eigenvalue weighted by molar-refractivity contribution is -0.107.